The van der Waals surface area contributed by atoms with Gasteiger partial charge in [-0.15, -0.1) is 0 Å². The summed E-state index contributed by atoms with van der Waals surface area (Å²) in [5, 5.41) is 0. The molecule has 7 aromatic rings. The van der Waals surface area contributed by atoms with E-state index in [0.717, 1.165) is 58.2 Å². The average Bonchev–Trinajstić information content (AvgIpc) is 3.70. The number of benzene rings is 6. The van der Waals surface area contributed by atoms with Crippen LogP contribution in [0.15, 0.2) is 182 Å². The van der Waals surface area contributed by atoms with Crippen molar-refractivity contribution in [2.75, 3.05) is 4.90 Å². The maximum Gasteiger partial charge on any atom is 0.162 e. The van der Waals surface area contributed by atoms with Crippen LogP contribution < -0.4 is 9.64 Å². The maximum atomic E-state index is 6.93. The summed E-state index contributed by atoms with van der Waals surface area (Å²) in [4.78, 5) is 13.0. The third-order valence-electron chi connectivity index (χ3n) is 12.3. The second kappa shape index (κ2) is 12.8. The topological polar surface area (TPSA) is 38.2 Å². The third-order valence-corrected chi connectivity index (χ3v) is 12.3. The zero-order valence-corrected chi connectivity index (χ0v) is 31.2. The molecule has 3 unspecified atom stereocenters. The second-order valence-electron chi connectivity index (χ2n) is 15.5. The molecule has 1 aromatic heterocycles. The lowest BCUT2D eigenvalue weighted by molar-refractivity contribution is 0.272. The summed E-state index contributed by atoms with van der Waals surface area (Å²) >= 11 is 0. The van der Waals surface area contributed by atoms with Crippen LogP contribution >= 0.6 is 0 Å². The Labute approximate surface area is 332 Å². The van der Waals surface area contributed by atoms with Crippen LogP contribution in [-0.4, -0.2) is 22.1 Å². The van der Waals surface area contributed by atoms with Crippen LogP contribution in [0, 0.1) is 0 Å². The molecule has 0 N–H and O–H groups in total. The summed E-state index contributed by atoms with van der Waals surface area (Å²) < 4.78 is 6.93. The highest BCUT2D eigenvalue weighted by Gasteiger charge is 2.44. The van der Waals surface area contributed by atoms with Gasteiger partial charge in [-0.2, -0.15) is 0 Å². The number of rotatable bonds is 5. The minimum atomic E-state index is -0.0601. The number of anilines is 2. The van der Waals surface area contributed by atoms with E-state index in [1.54, 1.807) is 0 Å². The van der Waals surface area contributed by atoms with Gasteiger partial charge in [-0.25, -0.2) is 9.97 Å². The molecule has 12 rings (SSSR count). The van der Waals surface area contributed by atoms with Crippen LogP contribution in [0.5, 0.6) is 5.75 Å². The fourth-order valence-electron chi connectivity index (χ4n) is 9.77. The average molecular weight is 732 g/mol. The Balaban J connectivity index is 0.986. The molecule has 3 heterocycles. The quantitative estimate of drug-likeness (QED) is 0.177. The maximum absolute atomic E-state index is 6.93. The largest absolute Gasteiger partial charge is 0.485 e. The Kier molecular flexibility index (Phi) is 7.21. The lowest BCUT2D eigenvalue weighted by Gasteiger charge is -2.31. The molecule has 2 aliphatic heterocycles. The van der Waals surface area contributed by atoms with Crippen molar-refractivity contribution in [3.8, 4) is 50.6 Å². The molecule has 0 bridgehead atoms. The Hall–Kier alpha value is -7.04. The summed E-state index contributed by atoms with van der Waals surface area (Å²) in [6.07, 6.45) is 13.5. The summed E-state index contributed by atoms with van der Waals surface area (Å²) in [6.45, 7) is 0. The van der Waals surface area contributed by atoms with E-state index in [2.05, 4.69) is 181 Å². The van der Waals surface area contributed by atoms with Gasteiger partial charge < -0.3 is 9.64 Å². The van der Waals surface area contributed by atoms with E-state index in [0.29, 0.717) is 0 Å². The first-order valence-electron chi connectivity index (χ1n) is 20.0. The molecular formula is C53H37N3O. The fraction of sp³-hybridized carbons (Fsp3) is 0.0943. The highest BCUT2D eigenvalue weighted by atomic mass is 16.5. The predicted octanol–water partition coefficient (Wildman–Crippen LogP) is 12.7. The molecule has 0 radical (unpaired) electrons. The number of hydrogen-bond donors (Lipinski definition) is 0. The summed E-state index contributed by atoms with van der Waals surface area (Å²) in [5.41, 5.74) is 17.9. The van der Waals surface area contributed by atoms with E-state index in [1.165, 1.54) is 55.8 Å². The van der Waals surface area contributed by atoms with Crippen molar-refractivity contribution in [1.82, 2.24) is 9.97 Å². The predicted molar refractivity (Wildman–Crippen MR) is 232 cm³/mol. The monoisotopic (exact) mass is 731 g/mol. The number of nitrogens with zero attached hydrogens (tertiary/aromatic N) is 3. The van der Waals surface area contributed by atoms with Gasteiger partial charge in [0.2, 0.25) is 0 Å². The smallest absolute Gasteiger partial charge is 0.162 e. The number of hydrogen-bond acceptors (Lipinski definition) is 4. The molecule has 5 aliphatic rings. The van der Waals surface area contributed by atoms with Crippen LogP contribution in [0.4, 0.5) is 11.5 Å². The van der Waals surface area contributed by atoms with E-state index >= 15 is 0 Å². The molecule has 270 valence electrons. The minimum absolute atomic E-state index is 0.0601. The number of ether oxygens (including phenoxy) is 1. The van der Waals surface area contributed by atoms with Gasteiger partial charge in [0.15, 0.2) is 5.82 Å². The fourth-order valence-corrected chi connectivity index (χ4v) is 9.77. The van der Waals surface area contributed by atoms with Crippen LogP contribution in [0.1, 0.15) is 41.0 Å². The molecule has 0 saturated carbocycles. The van der Waals surface area contributed by atoms with Crippen molar-refractivity contribution in [2.45, 2.75) is 30.9 Å². The van der Waals surface area contributed by atoms with Crippen LogP contribution in [0.25, 0.3) is 61.6 Å². The summed E-state index contributed by atoms with van der Waals surface area (Å²) in [5.74, 6) is 2.77. The SMILES string of the molecule is C1=CCCC2C(=C1)c1ccccc1N2c1cc(-c2cccc(-c3cc4c5c(c3)-c3ccccc3C3=CC(c6ccccc6)=CC(O4)C35)c2)nc(-c2ccccc2)n1. The highest BCUT2D eigenvalue weighted by Crippen LogP contribution is 2.59. The van der Waals surface area contributed by atoms with Gasteiger partial charge in [0.25, 0.3) is 0 Å². The molecule has 0 spiro atoms. The normalized spacial score (nSPS) is 19.3. The lowest BCUT2D eigenvalue weighted by Crippen LogP contribution is -2.27. The van der Waals surface area contributed by atoms with Crippen LogP contribution in [0.2, 0.25) is 0 Å². The molecule has 3 atom stereocenters. The Bertz CT molecular complexity index is 2900. The third kappa shape index (κ3) is 5.14. The first-order chi connectivity index (χ1) is 28.2. The number of aromatic nitrogens is 2. The number of allylic oxidation sites excluding steroid dienone is 5. The molecule has 57 heavy (non-hydrogen) atoms. The standard InChI is InChI=1S/C53H37N3O/c1-4-15-33(16-5-1)37-28-43-39-21-10-11-22-40(39)44-29-38(31-49-52(44)51(43)48(30-37)57-49)35-19-14-20-36(27-35)45-32-50(55-53(54-45)34-17-6-2-7-18-34)56-46-25-9-3-8-23-41(46)42-24-12-13-26-47(42)56/h1-8,10-24,26-32,46,48,51H,9,25H2. The molecule has 6 aromatic carbocycles. The Morgan fingerprint density at radius 3 is 2.18 bits per heavy atom. The zero-order chi connectivity index (χ0) is 37.5. The molecular weight excluding hydrogens is 695 g/mol. The molecule has 4 heteroatoms. The van der Waals surface area contributed by atoms with Crippen molar-refractivity contribution in [3.05, 3.63) is 204 Å². The summed E-state index contributed by atoms with van der Waals surface area (Å²) in [6, 6.07) is 54.5. The first-order valence-corrected chi connectivity index (χ1v) is 20.0. The van der Waals surface area contributed by atoms with Gasteiger partial charge in [0, 0.05) is 28.3 Å². The molecule has 0 saturated heterocycles. The van der Waals surface area contributed by atoms with Gasteiger partial charge in [0.1, 0.15) is 17.7 Å². The molecule has 3 aliphatic carbocycles. The van der Waals surface area contributed by atoms with Crippen molar-refractivity contribution < 1.29 is 4.74 Å². The molecule has 0 amide bonds. The van der Waals surface area contributed by atoms with Crippen LogP contribution in [0.3, 0.4) is 0 Å². The summed E-state index contributed by atoms with van der Waals surface area (Å²) in [7, 11) is 0. The van der Waals surface area contributed by atoms with E-state index in [9.17, 15) is 0 Å². The Morgan fingerprint density at radius 2 is 1.32 bits per heavy atom. The van der Waals surface area contributed by atoms with Gasteiger partial charge in [-0.05, 0) is 99.4 Å². The Morgan fingerprint density at radius 1 is 0.579 bits per heavy atom. The highest BCUT2D eigenvalue weighted by molar-refractivity contribution is 6.00. The zero-order valence-electron chi connectivity index (χ0n) is 31.2. The molecule has 4 nitrogen and oxygen atoms in total. The van der Waals surface area contributed by atoms with Crippen molar-refractivity contribution in [2.24, 2.45) is 0 Å². The second-order valence-corrected chi connectivity index (χ2v) is 15.5. The number of fused-ring (bicyclic) bond motifs is 6. The van der Waals surface area contributed by atoms with Gasteiger partial charge in [-0.1, -0.05) is 140 Å². The van der Waals surface area contributed by atoms with E-state index in [1.807, 2.05) is 6.07 Å². The van der Waals surface area contributed by atoms with E-state index in [4.69, 9.17) is 14.7 Å². The van der Waals surface area contributed by atoms with E-state index in [-0.39, 0.29) is 18.1 Å². The van der Waals surface area contributed by atoms with Gasteiger partial charge in [-0.3, -0.25) is 0 Å². The van der Waals surface area contributed by atoms with Crippen molar-refractivity contribution >= 4 is 28.2 Å². The molecule has 0 fully saturated rings. The van der Waals surface area contributed by atoms with E-state index < -0.39 is 0 Å². The first kappa shape index (κ1) is 32.2. The van der Waals surface area contributed by atoms with Gasteiger partial charge in [0.05, 0.1) is 23.3 Å². The van der Waals surface area contributed by atoms with Crippen molar-refractivity contribution in [3.63, 3.8) is 0 Å². The van der Waals surface area contributed by atoms with Gasteiger partial charge >= 0.3 is 0 Å². The van der Waals surface area contributed by atoms with Crippen LogP contribution in [-0.2, 0) is 0 Å². The van der Waals surface area contributed by atoms with Crippen molar-refractivity contribution in [1.29, 1.82) is 0 Å². The number of para-hydroxylation sites is 1. The lowest BCUT2D eigenvalue weighted by atomic mass is 9.70. The minimum Gasteiger partial charge on any atom is -0.485 e.